The molecule has 0 radical (unpaired) electrons. The number of ether oxygens (including phenoxy) is 1. The molecule has 5 heteroatoms. The zero-order chi connectivity index (χ0) is 13.0. The average Bonchev–Trinajstić information content (AvgIpc) is 2.34. The highest BCUT2D eigenvalue weighted by Gasteiger charge is 2.06. The molecule has 0 aliphatic carbocycles. The normalized spacial score (nSPS) is 10.4. The van der Waals surface area contributed by atoms with Gasteiger partial charge in [-0.25, -0.2) is 8.78 Å². The van der Waals surface area contributed by atoms with Crippen LogP contribution in [-0.4, -0.2) is 11.5 Å². The third-order valence-corrected chi connectivity index (χ3v) is 2.32. The van der Waals surface area contributed by atoms with Gasteiger partial charge in [-0.2, -0.15) is 0 Å². The first-order valence-corrected chi connectivity index (χ1v) is 5.46. The molecule has 1 aromatic carbocycles. The standard InChI is InChI=1S/C13H12F2N2O/c14-10-1-2-13(12(15)6-10)18-11-5-9(3-4-16)7-17-8-11/h1-2,5-8H,3-4,16H2. The molecule has 3 nitrogen and oxygen atoms in total. The van der Waals surface area contributed by atoms with Crippen LogP contribution in [0, 0.1) is 11.6 Å². The maximum atomic E-state index is 13.4. The fourth-order valence-electron chi connectivity index (χ4n) is 1.51. The molecule has 0 aliphatic heterocycles. The zero-order valence-electron chi connectivity index (χ0n) is 9.57. The molecule has 1 heterocycles. The van der Waals surface area contributed by atoms with Crippen molar-refractivity contribution in [1.82, 2.24) is 4.98 Å². The Morgan fingerprint density at radius 1 is 1.17 bits per heavy atom. The highest BCUT2D eigenvalue weighted by atomic mass is 19.1. The van der Waals surface area contributed by atoms with Gasteiger partial charge in [-0.1, -0.05) is 0 Å². The minimum Gasteiger partial charge on any atom is -0.453 e. The maximum absolute atomic E-state index is 13.4. The van der Waals surface area contributed by atoms with E-state index in [0.29, 0.717) is 18.7 Å². The number of hydrogen-bond donors (Lipinski definition) is 1. The van der Waals surface area contributed by atoms with Crippen molar-refractivity contribution in [3.8, 4) is 11.5 Å². The van der Waals surface area contributed by atoms with Crippen molar-refractivity contribution in [2.45, 2.75) is 6.42 Å². The SMILES string of the molecule is NCCc1cncc(Oc2ccc(F)cc2F)c1. The van der Waals surface area contributed by atoms with E-state index in [4.69, 9.17) is 10.5 Å². The van der Waals surface area contributed by atoms with E-state index >= 15 is 0 Å². The van der Waals surface area contributed by atoms with Crippen LogP contribution in [0.15, 0.2) is 36.7 Å². The fourth-order valence-corrected chi connectivity index (χ4v) is 1.51. The second-order valence-corrected chi connectivity index (χ2v) is 3.74. The summed E-state index contributed by atoms with van der Waals surface area (Å²) in [5, 5.41) is 0. The molecule has 0 saturated carbocycles. The van der Waals surface area contributed by atoms with Crippen molar-refractivity contribution >= 4 is 0 Å². The van der Waals surface area contributed by atoms with Crippen LogP contribution >= 0.6 is 0 Å². The van der Waals surface area contributed by atoms with Crippen molar-refractivity contribution in [2.24, 2.45) is 5.73 Å². The highest BCUT2D eigenvalue weighted by molar-refractivity contribution is 5.32. The summed E-state index contributed by atoms with van der Waals surface area (Å²) < 4.78 is 31.4. The van der Waals surface area contributed by atoms with Gasteiger partial charge in [0.25, 0.3) is 0 Å². The van der Waals surface area contributed by atoms with E-state index in [1.807, 2.05) is 0 Å². The van der Waals surface area contributed by atoms with Crippen LogP contribution in [0.2, 0.25) is 0 Å². The van der Waals surface area contributed by atoms with Crippen molar-refractivity contribution in [3.05, 3.63) is 53.9 Å². The monoisotopic (exact) mass is 250 g/mol. The first-order valence-electron chi connectivity index (χ1n) is 5.46. The van der Waals surface area contributed by atoms with E-state index in [2.05, 4.69) is 4.98 Å². The number of benzene rings is 1. The molecular weight excluding hydrogens is 238 g/mol. The summed E-state index contributed by atoms with van der Waals surface area (Å²) in [4.78, 5) is 3.97. The molecule has 0 spiro atoms. The van der Waals surface area contributed by atoms with Gasteiger partial charge in [-0.05, 0) is 36.7 Å². The predicted molar refractivity (Wildman–Crippen MR) is 63.4 cm³/mol. The van der Waals surface area contributed by atoms with E-state index in [1.165, 1.54) is 12.3 Å². The molecule has 0 atom stereocenters. The molecule has 2 N–H and O–H groups in total. The molecule has 2 rings (SSSR count). The second kappa shape index (κ2) is 5.55. The van der Waals surface area contributed by atoms with Crippen LogP contribution in [0.5, 0.6) is 11.5 Å². The van der Waals surface area contributed by atoms with Crippen molar-refractivity contribution in [1.29, 1.82) is 0 Å². The summed E-state index contributed by atoms with van der Waals surface area (Å²) in [6.07, 6.45) is 3.79. The number of hydrogen-bond acceptors (Lipinski definition) is 3. The van der Waals surface area contributed by atoms with Gasteiger partial charge in [0.05, 0.1) is 6.20 Å². The first-order chi connectivity index (χ1) is 8.69. The Labute approximate surface area is 103 Å². The maximum Gasteiger partial charge on any atom is 0.168 e. The van der Waals surface area contributed by atoms with Crippen molar-refractivity contribution in [3.63, 3.8) is 0 Å². The lowest BCUT2D eigenvalue weighted by Crippen LogP contribution is -2.03. The largest absolute Gasteiger partial charge is 0.453 e. The zero-order valence-corrected chi connectivity index (χ0v) is 9.57. The Bertz CT molecular complexity index is 546. The predicted octanol–water partition coefficient (Wildman–Crippen LogP) is 2.65. The molecule has 2 aromatic rings. The number of rotatable bonds is 4. The molecule has 0 saturated heterocycles. The van der Waals surface area contributed by atoms with Gasteiger partial charge in [-0.15, -0.1) is 0 Å². The van der Waals surface area contributed by atoms with E-state index in [-0.39, 0.29) is 5.75 Å². The smallest absolute Gasteiger partial charge is 0.168 e. The van der Waals surface area contributed by atoms with Gasteiger partial charge in [0.15, 0.2) is 11.6 Å². The molecular formula is C13H12F2N2O. The Morgan fingerprint density at radius 3 is 2.72 bits per heavy atom. The van der Waals surface area contributed by atoms with Gasteiger partial charge in [0.1, 0.15) is 11.6 Å². The van der Waals surface area contributed by atoms with E-state index in [1.54, 1.807) is 12.3 Å². The molecule has 0 bridgehead atoms. The fraction of sp³-hybridized carbons (Fsp3) is 0.154. The van der Waals surface area contributed by atoms with Crippen LogP contribution in [0.3, 0.4) is 0 Å². The average molecular weight is 250 g/mol. The molecule has 0 unspecified atom stereocenters. The lowest BCUT2D eigenvalue weighted by Gasteiger charge is -2.07. The van der Waals surface area contributed by atoms with E-state index in [0.717, 1.165) is 17.7 Å². The summed E-state index contributed by atoms with van der Waals surface area (Å²) in [7, 11) is 0. The lowest BCUT2D eigenvalue weighted by molar-refractivity contribution is 0.435. The number of pyridine rings is 1. The molecule has 94 valence electrons. The van der Waals surface area contributed by atoms with Gasteiger partial charge in [0, 0.05) is 12.3 Å². The Morgan fingerprint density at radius 2 is 2.00 bits per heavy atom. The number of aromatic nitrogens is 1. The van der Waals surface area contributed by atoms with Gasteiger partial charge >= 0.3 is 0 Å². The Hall–Kier alpha value is -2.01. The topological polar surface area (TPSA) is 48.1 Å². The Kier molecular flexibility index (Phi) is 3.84. The van der Waals surface area contributed by atoms with Crippen LogP contribution in [0.1, 0.15) is 5.56 Å². The molecule has 0 fully saturated rings. The lowest BCUT2D eigenvalue weighted by atomic mass is 10.2. The minimum absolute atomic E-state index is 0.0388. The molecule has 1 aromatic heterocycles. The summed E-state index contributed by atoms with van der Waals surface area (Å²) in [6, 6.07) is 4.87. The van der Waals surface area contributed by atoms with Crippen molar-refractivity contribution in [2.75, 3.05) is 6.54 Å². The minimum atomic E-state index is -0.751. The third kappa shape index (κ3) is 3.01. The first kappa shape index (κ1) is 12.4. The van der Waals surface area contributed by atoms with Crippen molar-refractivity contribution < 1.29 is 13.5 Å². The second-order valence-electron chi connectivity index (χ2n) is 3.74. The summed E-state index contributed by atoms with van der Waals surface area (Å²) >= 11 is 0. The van der Waals surface area contributed by atoms with Crippen LogP contribution < -0.4 is 10.5 Å². The molecule has 0 aliphatic rings. The third-order valence-electron chi connectivity index (χ3n) is 2.32. The van der Waals surface area contributed by atoms with E-state index < -0.39 is 11.6 Å². The molecule has 0 amide bonds. The summed E-state index contributed by atoms with van der Waals surface area (Å²) in [5.74, 6) is -1.04. The number of nitrogens with zero attached hydrogens (tertiary/aromatic N) is 1. The van der Waals surface area contributed by atoms with Gasteiger partial charge in [0.2, 0.25) is 0 Å². The van der Waals surface area contributed by atoms with Crippen LogP contribution in [-0.2, 0) is 6.42 Å². The van der Waals surface area contributed by atoms with Crippen LogP contribution in [0.25, 0.3) is 0 Å². The van der Waals surface area contributed by atoms with E-state index in [9.17, 15) is 8.78 Å². The quantitative estimate of drug-likeness (QED) is 0.907. The number of halogens is 2. The number of nitrogens with two attached hydrogens (primary N) is 1. The van der Waals surface area contributed by atoms with Gasteiger partial charge in [-0.3, -0.25) is 4.98 Å². The summed E-state index contributed by atoms with van der Waals surface area (Å²) in [6.45, 7) is 0.496. The molecule has 18 heavy (non-hydrogen) atoms. The summed E-state index contributed by atoms with van der Waals surface area (Å²) in [5.41, 5.74) is 6.33. The van der Waals surface area contributed by atoms with Gasteiger partial charge < -0.3 is 10.5 Å². The van der Waals surface area contributed by atoms with Crippen LogP contribution in [0.4, 0.5) is 8.78 Å². The highest BCUT2D eigenvalue weighted by Crippen LogP contribution is 2.24. The Balaban J connectivity index is 2.20.